The van der Waals surface area contributed by atoms with E-state index in [1.54, 1.807) is 0 Å². The fourth-order valence-corrected chi connectivity index (χ4v) is 3.51. The molecule has 1 fully saturated rings. The monoisotopic (exact) mass is 281 g/mol. The number of unbranched alkanes of at least 4 members (excludes halogenated alkanes) is 3. The van der Waals surface area contributed by atoms with Crippen molar-refractivity contribution in [1.29, 1.82) is 5.26 Å². The summed E-state index contributed by atoms with van der Waals surface area (Å²) in [5.41, 5.74) is 2.20. The minimum absolute atomic E-state index is 0.717. The Morgan fingerprint density at radius 3 is 2.38 bits per heavy atom. The van der Waals surface area contributed by atoms with Crippen LogP contribution in [0.4, 0.5) is 0 Å². The van der Waals surface area contributed by atoms with E-state index < -0.39 is 0 Å². The third-order valence-corrected chi connectivity index (χ3v) is 4.88. The third-order valence-electron chi connectivity index (χ3n) is 4.88. The molecular formula is C20H27N. The van der Waals surface area contributed by atoms with Crippen LogP contribution in [0, 0.1) is 17.2 Å². The average Bonchev–Trinajstić information content (AvgIpc) is 2.55. The highest BCUT2D eigenvalue weighted by Crippen LogP contribution is 2.37. The van der Waals surface area contributed by atoms with E-state index in [1.807, 2.05) is 18.2 Å². The average molecular weight is 281 g/mol. The molecule has 0 atom stereocenters. The molecule has 1 aromatic carbocycles. The molecule has 1 nitrogen and oxygen atoms in total. The summed E-state index contributed by atoms with van der Waals surface area (Å²) in [4.78, 5) is 0. The van der Waals surface area contributed by atoms with E-state index in [0.717, 1.165) is 17.4 Å². The summed E-state index contributed by atoms with van der Waals surface area (Å²) >= 11 is 0. The molecule has 1 aliphatic carbocycles. The summed E-state index contributed by atoms with van der Waals surface area (Å²) in [5.74, 6) is 1.66. The van der Waals surface area contributed by atoms with Crippen LogP contribution in [0.1, 0.15) is 74.8 Å². The number of hydrogen-bond donors (Lipinski definition) is 0. The molecule has 0 N–H and O–H groups in total. The quantitative estimate of drug-likeness (QED) is 0.446. The molecule has 0 saturated heterocycles. The highest BCUT2D eigenvalue weighted by Gasteiger charge is 2.21. The predicted octanol–water partition coefficient (Wildman–Crippen LogP) is 5.97. The molecule has 112 valence electrons. The van der Waals surface area contributed by atoms with Gasteiger partial charge < -0.3 is 0 Å². The smallest absolute Gasteiger partial charge is 0.0991 e. The molecule has 1 heteroatoms. The first-order valence-electron chi connectivity index (χ1n) is 8.44. The highest BCUT2D eigenvalue weighted by atomic mass is 14.3. The second-order valence-corrected chi connectivity index (χ2v) is 6.38. The summed E-state index contributed by atoms with van der Waals surface area (Å²) in [6.07, 6.45) is 14.1. The van der Waals surface area contributed by atoms with Gasteiger partial charge in [-0.3, -0.25) is 0 Å². The molecule has 0 aromatic heterocycles. The van der Waals surface area contributed by atoms with E-state index in [0.29, 0.717) is 0 Å². The maximum Gasteiger partial charge on any atom is 0.0991 e. The van der Waals surface area contributed by atoms with Crippen molar-refractivity contribution < 1.29 is 0 Å². The van der Waals surface area contributed by atoms with E-state index in [-0.39, 0.29) is 0 Å². The standard InChI is InChI=1S/C20H27N/c1-2-3-4-5-6-7-17-8-12-19(13-9-17)20-14-10-18(16-21)11-15-20/h2,10-11,14-15,17,19H,1,3-9,12-13H2/t17-,19-. The van der Waals surface area contributed by atoms with E-state index in [1.165, 1.54) is 63.4 Å². The molecule has 0 bridgehead atoms. The van der Waals surface area contributed by atoms with Crippen molar-refractivity contribution in [3.05, 3.63) is 48.0 Å². The Hall–Kier alpha value is -1.55. The lowest BCUT2D eigenvalue weighted by molar-refractivity contribution is 0.302. The van der Waals surface area contributed by atoms with Crippen molar-refractivity contribution >= 4 is 0 Å². The Morgan fingerprint density at radius 1 is 1.05 bits per heavy atom. The van der Waals surface area contributed by atoms with E-state index >= 15 is 0 Å². The normalized spacial score (nSPS) is 21.7. The van der Waals surface area contributed by atoms with Gasteiger partial charge in [0.05, 0.1) is 11.6 Å². The van der Waals surface area contributed by atoms with Gasteiger partial charge in [0.25, 0.3) is 0 Å². The lowest BCUT2D eigenvalue weighted by Crippen LogP contribution is -2.13. The third kappa shape index (κ3) is 5.05. The zero-order valence-electron chi connectivity index (χ0n) is 13.1. The van der Waals surface area contributed by atoms with Crippen molar-refractivity contribution in [3.63, 3.8) is 0 Å². The maximum absolute atomic E-state index is 8.85. The maximum atomic E-state index is 8.85. The molecule has 1 saturated carbocycles. The first-order valence-corrected chi connectivity index (χ1v) is 8.44. The molecule has 0 aliphatic heterocycles. The second kappa shape index (κ2) is 8.67. The minimum atomic E-state index is 0.717. The van der Waals surface area contributed by atoms with Crippen LogP contribution < -0.4 is 0 Å². The largest absolute Gasteiger partial charge is 0.192 e. The van der Waals surface area contributed by atoms with Gasteiger partial charge in [-0.25, -0.2) is 0 Å². The van der Waals surface area contributed by atoms with E-state index in [2.05, 4.69) is 24.8 Å². The van der Waals surface area contributed by atoms with E-state index in [4.69, 9.17) is 5.26 Å². The van der Waals surface area contributed by atoms with E-state index in [9.17, 15) is 0 Å². The van der Waals surface area contributed by atoms with Gasteiger partial charge in [0.2, 0.25) is 0 Å². The fourth-order valence-electron chi connectivity index (χ4n) is 3.51. The number of nitriles is 1. The van der Waals surface area contributed by atoms with Crippen LogP contribution in [-0.2, 0) is 0 Å². The molecule has 21 heavy (non-hydrogen) atoms. The molecule has 0 amide bonds. The van der Waals surface area contributed by atoms with Crippen molar-refractivity contribution in [3.8, 4) is 6.07 Å². The number of nitrogens with zero attached hydrogens (tertiary/aromatic N) is 1. The molecule has 1 aliphatic rings. The highest BCUT2D eigenvalue weighted by molar-refractivity contribution is 5.33. The van der Waals surface area contributed by atoms with Crippen LogP contribution in [0.2, 0.25) is 0 Å². The lowest BCUT2D eigenvalue weighted by Gasteiger charge is -2.29. The summed E-state index contributed by atoms with van der Waals surface area (Å²) in [6, 6.07) is 10.4. The first kappa shape index (κ1) is 15.8. The second-order valence-electron chi connectivity index (χ2n) is 6.38. The number of allylic oxidation sites excluding steroid dienone is 1. The molecular weight excluding hydrogens is 254 g/mol. The number of hydrogen-bond acceptors (Lipinski definition) is 1. The van der Waals surface area contributed by atoms with Crippen LogP contribution >= 0.6 is 0 Å². The van der Waals surface area contributed by atoms with Gasteiger partial charge in [-0.1, -0.05) is 37.5 Å². The van der Waals surface area contributed by atoms with Gasteiger partial charge in [0.15, 0.2) is 0 Å². The Labute approximate surface area is 129 Å². The van der Waals surface area contributed by atoms with Crippen molar-refractivity contribution in [1.82, 2.24) is 0 Å². The zero-order chi connectivity index (χ0) is 14.9. The summed E-state index contributed by atoms with van der Waals surface area (Å²) in [6.45, 7) is 3.78. The van der Waals surface area contributed by atoms with Gasteiger partial charge in [-0.2, -0.15) is 5.26 Å². The summed E-state index contributed by atoms with van der Waals surface area (Å²) in [5, 5.41) is 8.85. The summed E-state index contributed by atoms with van der Waals surface area (Å²) < 4.78 is 0. The minimum Gasteiger partial charge on any atom is -0.192 e. The van der Waals surface area contributed by atoms with Gasteiger partial charge in [0.1, 0.15) is 0 Å². The summed E-state index contributed by atoms with van der Waals surface area (Å²) in [7, 11) is 0. The molecule has 1 aromatic rings. The first-order chi connectivity index (χ1) is 10.3. The van der Waals surface area contributed by atoms with Crippen LogP contribution in [0.3, 0.4) is 0 Å². The van der Waals surface area contributed by atoms with Crippen LogP contribution in [0.5, 0.6) is 0 Å². The number of rotatable bonds is 7. The topological polar surface area (TPSA) is 23.8 Å². The van der Waals surface area contributed by atoms with Crippen molar-refractivity contribution in [2.24, 2.45) is 5.92 Å². The molecule has 0 heterocycles. The Bertz CT molecular complexity index is 458. The lowest BCUT2D eigenvalue weighted by atomic mass is 9.77. The van der Waals surface area contributed by atoms with Gasteiger partial charge >= 0.3 is 0 Å². The predicted molar refractivity (Wildman–Crippen MR) is 89.1 cm³/mol. The number of benzene rings is 1. The Balaban J connectivity index is 1.70. The Morgan fingerprint density at radius 2 is 1.76 bits per heavy atom. The molecule has 0 spiro atoms. The SMILES string of the molecule is C=CCCCCC[C@H]1CC[C@H](c2ccc(C#N)cc2)CC1. The fraction of sp³-hybridized carbons (Fsp3) is 0.550. The van der Waals surface area contributed by atoms with Gasteiger partial charge in [-0.05, 0) is 68.1 Å². The van der Waals surface area contributed by atoms with Crippen molar-refractivity contribution in [2.45, 2.75) is 63.7 Å². The zero-order valence-corrected chi connectivity index (χ0v) is 13.1. The van der Waals surface area contributed by atoms with Crippen LogP contribution in [0.25, 0.3) is 0 Å². The van der Waals surface area contributed by atoms with Gasteiger partial charge in [-0.15, -0.1) is 6.58 Å². The van der Waals surface area contributed by atoms with Crippen LogP contribution in [-0.4, -0.2) is 0 Å². The molecule has 0 unspecified atom stereocenters. The Kier molecular flexibility index (Phi) is 6.54. The van der Waals surface area contributed by atoms with Crippen LogP contribution in [0.15, 0.2) is 36.9 Å². The molecule has 2 rings (SSSR count). The molecule has 0 radical (unpaired) electrons. The van der Waals surface area contributed by atoms with Gasteiger partial charge in [0, 0.05) is 0 Å². The van der Waals surface area contributed by atoms with Crippen molar-refractivity contribution in [2.75, 3.05) is 0 Å².